The number of morpholine rings is 2. The number of carbonyl (C=O) groups excluding carboxylic acids is 1. The Kier molecular flexibility index (Phi) is 6.92. The van der Waals surface area contributed by atoms with Crippen LogP contribution in [0.4, 0.5) is 11.6 Å². The molecule has 0 bridgehead atoms. The Bertz CT molecular complexity index is 1800. The highest BCUT2D eigenvalue weighted by Gasteiger charge is 2.22. The molecule has 3 aromatic carbocycles. The summed E-state index contributed by atoms with van der Waals surface area (Å²) in [6.45, 7) is 6.25. The number of anilines is 2. The van der Waals surface area contributed by atoms with E-state index in [9.17, 15) is 9.59 Å². The van der Waals surface area contributed by atoms with Crippen LogP contribution >= 0.6 is 0 Å². The molecule has 2 aromatic heterocycles. The highest BCUT2D eigenvalue weighted by molar-refractivity contribution is 6.18. The molecule has 0 saturated carbocycles. The standard InChI is InChI=1S/C32H31N3O6/c36-26-20-29(35-14-18-39-19-15-35)41-31-21(5-3-6-23(26)31)22-8-9-25(30-24-4-1-2-7-27(24)40-32(22)30)33-28(37)10-11-34-12-16-38-17-13-34/h1-9,20H,10-19H2,(H,33,37). The zero-order chi connectivity index (χ0) is 27.8. The van der Waals surface area contributed by atoms with Gasteiger partial charge in [0.2, 0.25) is 5.91 Å². The minimum atomic E-state index is -0.0976. The van der Waals surface area contributed by atoms with Crippen molar-refractivity contribution in [1.82, 2.24) is 4.90 Å². The largest absolute Gasteiger partial charge is 0.455 e. The van der Waals surface area contributed by atoms with Crippen LogP contribution in [0.15, 0.2) is 74.3 Å². The molecular formula is C32H31N3O6. The number of furan rings is 1. The molecule has 0 atom stereocenters. The molecule has 2 aliphatic heterocycles. The number of hydrogen-bond acceptors (Lipinski definition) is 8. The number of carbonyl (C=O) groups is 1. The normalized spacial score (nSPS) is 16.5. The van der Waals surface area contributed by atoms with Crippen molar-refractivity contribution < 1.29 is 23.1 Å². The average Bonchev–Trinajstić information content (AvgIpc) is 3.41. The van der Waals surface area contributed by atoms with Crippen molar-refractivity contribution in [3.05, 3.63) is 70.9 Å². The molecule has 2 aliphatic rings. The summed E-state index contributed by atoms with van der Waals surface area (Å²) in [5.74, 6) is 0.477. The molecule has 210 valence electrons. The van der Waals surface area contributed by atoms with Gasteiger partial charge in [-0.25, -0.2) is 0 Å². The van der Waals surface area contributed by atoms with Crippen LogP contribution in [0.1, 0.15) is 6.42 Å². The number of rotatable bonds is 6. The number of hydrogen-bond donors (Lipinski definition) is 1. The van der Waals surface area contributed by atoms with E-state index >= 15 is 0 Å². The maximum atomic E-state index is 13.2. The molecule has 0 unspecified atom stereocenters. The Morgan fingerprint density at radius 2 is 1.51 bits per heavy atom. The second-order valence-electron chi connectivity index (χ2n) is 10.4. The van der Waals surface area contributed by atoms with Crippen molar-refractivity contribution in [2.45, 2.75) is 6.42 Å². The van der Waals surface area contributed by atoms with Crippen molar-refractivity contribution in [2.24, 2.45) is 0 Å². The maximum Gasteiger partial charge on any atom is 0.225 e. The SMILES string of the molecule is O=C(CCN1CCOCC1)Nc1ccc(-c2cccc3c(=O)cc(N4CCOCC4)oc23)c2oc3ccccc3c12. The first kappa shape index (κ1) is 25.8. The first-order valence-electron chi connectivity index (χ1n) is 14.1. The molecule has 1 amide bonds. The molecular weight excluding hydrogens is 522 g/mol. The summed E-state index contributed by atoms with van der Waals surface area (Å²) in [6.07, 6.45) is 0.387. The summed E-state index contributed by atoms with van der Waals surface area (Å²) >= 11 is 0. The summed E-state index contributed by atoms with van der Waals surface area (Å²) in [6, 6.07) is 18.8. The summed E-state index contributed by atoms with van der Waals surface area (Å²) in [7, 11) is 0. The molecule has 5 aromatic rings. The zero-order valence-electron chi connectivity index (χ0n) is 22.7. The van der Waals surface area contributed by atoms with Gasteiger partial charge in [0.15, 0.2) is 11.3 Å². The van der Waals surface area contributed by atoms with Gasteiger partial charge >= 0.3 is 0 Å². The first-order valence-corrected chi connectivity index (χ1v) is 14.1. The third kappa shape index (κ3) is 4.97. The van der Waals surface area contributed by atoms with Gasteiger partial charge in [-0.2, -0.15) is 0 Å². The molecule has 1 N–H and O–H groups in total. The molecule has 7 rings (SSSR count). The van der Waals surface area contributed by atoms with Gasteiger partial charge in [-0.1, -0.05) is 30.3 Å². The predicted octanol–water partition coefficient (Wildman–Crippen LogP) is 4.86. The van der Waals surface area contributed by atoms with Crippen LogP contribution in [-0.2, 0) is 14.3 Å². The molecule has 2 fully saturated rings. The van der Waals surface area contributed by atoms with Gasteiger partial charge in [0.25, 0.3) is 0 Å². The summed E-state index contributed by atoms with van der Waals surface area (Å²) in [5.41, 5.74) is 3.99. The quantitative estimate of drug-likeness (QED) is 0.319. The number of amides is 1. The third-order valence-electron chi connectivity index (χ3n) is 7.91. The topological polar surface area (TPSA) is 97.4 Å². The molecule has 0 radical (unpaired) electrons. The minimum Gasteiger partial charge on any atom is -0.455 e. The van der Waals surface area contributed by atoms with Crippen molar-refractivity contribution in [1.29, 1.82) is 0 Å². The van der Waals surface area contributed by atoms with Gasteiger partial charge in [0.1, 0.15) is 16.7 Å². The van der Waals surface area contributed by atoms with Crippen molar-refractivity contribution >= 4 is 50.4 Å². The molecule has 41 heavy (non-hydrogen) atoms. The number of ether oxygens (including phenoxy) is 2. The molecule has 2 saturated heterocycles. The average molecular weight is 554 g/mol. The van der Waals surface area contributed by atoms with Crippen LogP contribution in [-0.4, -0.2) is 70.0 Å². The fourth-order valence-corrected chi connectivity index (χ4v) is 5.76. The summed E-state index contributed by atoms with van der Waals surface area (Å²) in [4.78, 5) is 30.5. The van der Waals surface area contributed by atoms with Crippen LogP contribution in [0.5, 0.6) is 0 Å². The van der Waals surface area contributed by atoms with E-state index in [1.54, 1.807) is 12.1 Å². The Hall–Kier alpha value is -4.18. The lowest BCUT2D eigenvalue weighted by Gasteiger charge is -2.27. The van der Waals surface area contributed by atoms with Crippen molar-refractivity contribution in [3.63, 3.8) is 0 Å². The molecule has 4 heterocycles. The van der Waals surface area contributed by atoms with Gasteiger partial charge in [0, 0.05) is 61.7 Å². The number of benzene rings is 3. The van der Waals surface area contributed by atoms with E-state index in [1.807, 2.05) is 53.4 Å². The van der Waals surface area contributed by atoms with Gasteiger partial charge < -0.3 is 28.5 Å². The van der Waals surface area contributed by atoms with Crippen LogP contribution in [0.2, 0.25) is 0 Å². The zero-order valence-corrected chi connectivity index (χ0v) is 22.7. The van der Waals surface area contributed by atoms with Crippen molar-refractivity contribution in [2.75, 3.05) is 69.4 Å². The maximum absolute atomic E-state index is 13.2. The second-order valence-corrected chi connectivity index (χ2v) is 10.4. The smallest absolute Gasteiger partial charge is 0.225 e. The Morgan fingerprint density at radius 3 is 2.34 bits per heavy atom. The van der Waals surface area contributed by atoms with Gasteiger partial charge in [0.05, 0.1) is 42.9 Å². The Labute approximate surface area is 236 Å². The number of fused-ring (bicyclic) bond motifs is 4. The van der Waals surface area contributed by atoms with E-state index in [1.165, 1.54) is 0 Å². The minimum absolute atomic E-state index is 0.0536. The molecule has 0 spiro atoms. The lowest BCUT2D eigenvalue weighted by atomic mass is 9.99. The van der Waals surface area contributed by atoms with E-state index in [0.717, 1.165) is 40.6 Å². The third-order valence-corrected chi connectivity index (χ3v) is 7.91. The van der Waals surface area contributed by atoms with Gasteiger partial charge in [-0.05, 0) is 24.3 Å². The second kappa shape index (κ2) is 11.0. The monoisotopic (exact) mass is 553 g/mol. The molecule has 9 heteroatoms. The summed E-state index contributed by atoms with van der Waals surface area (Å²) < 4.78 is 23.7. The number of para-hydroxylation sites is 2. The van der Waals surface area contributed by atoms with E-state index in [0.29, 0.717) is 80.6 Å². The lowest BCUT2D eigenvalue weighted by molar-refractivity contribution is -0.116. The van der Waals surface area contributed by atoms with Crippen LogP contribution in [0, 0.1) is 0 Å². The fourth-order valence-electron chi connectivity index (χ4n) is 5.76. The van der Waals surface area contributed by atoms with Crippen LogP contribution < -0.4 is 15.6 Å². The Balaban J connectivity index is 1.31. The predicted molar refractivity (Wildman–Crippen MR) is 159 cm³/mol. The number of nitrogens with zero attached hydrogens (tertiary/aromatic N) is 2. The van der Waals surface area contributed by atoms with E-state index < -0.39 is 0 Å². The summed E-state index contributed by atoms with van der Waals surface area (Å²) in [5, 5.41) is 5.36. The van der Waals surface area contributed by atoms with Crippen LogP contribution in [0.3, 0.4) is 0 Å². The molecule has 9 nitrogen and oxygen atoms in total. The van der Waals surface area contributed by atoms with Gasteiger partial charge in [-0.15, -0.1) is 0 Å². The molecule has 0 aliphatic carbocycles. The fraction of sp³-hybridized carbons (Fsp3) is 0.312. The highest BCUT2D eigenvalue weighted by Crippen LogP contribution is 2.42. The lowest BCUT2D eigenvalue weighted by Crippen LogP contribution is -2.38. The number of nitrogens with one attached hydrogen (secondary N) is 1. The Morgan fingerprint density at radius 1 is 0.780 bits per heavy atom. The highest BCUT2D eigenvalue weighted by atomic mass is 16.5. The van der Waals surface area contributed by atoms with Crippen molar-refractivity contribution in [3.8, 4) is 11.1 Å². The first-order chi connectivity index (χ1) is 20.2. The van der Waals surface area contributed by atoms with Gasteiger partial charge in [-0.3, -0.25) is 14.5 Å². The van der Waals surface area contributed by atoms with E-state index in [2.05, 4.69) is 10.2 Å². The van der Waals surface area contributed by atoms with Crippen LogP contribution in [0.25, 0.3) is 44.0 Å². The van der Waals surface area contributed by atoms with E-state index in [-0.39, 0.29) is 11.3 Å². The van der Waals surface area contributed by atoms with E-state index in [4.69, 9.17) is 18.3 Å².